The number of thioether (sulfide) groups is 1. The monoisotopic (exact) mass is 494 g/mol. The van der Waals surface area contributed by atoms with Crippen LogP contribution in [0.15, 0.2) is 41.3 Å². The molecule has 2 unspecified atom stereocenters. The van der Waals surface area contributed by atoms with Crippen LogP contribution in [0.5, 0.6) is 0 Å². The molecule has 0 radical (unpaired) electrons. The number of likely N-dealkylation sites (N-methyl/N-ethyl adjacent to an activating group) is 1. The van der Waals surface area contributed by atoms with E-state index in [1.807, 2.05) is 47.2 Å². The number of rotatable bonds is 6. The van der Waals surface area contributed by atoms with Crippen LogP contribution in [0.1, 0.15) is 16.1 Å². The number of fused-ring (bicyclic) bond motifs is 1. The summed E-state index contributed by atoms with van der Waals surface area (Å²) in [6, 6.07) is 11.1. The van der Waals surface area contributed by atoms with Crippen molar-refractivity contribution in [3.63, 3.8) is 0 Å². The minimum atomic E-state index is -0.440. The molecule has 2 aromatic rings. The smallest absolute Gasteiger partial charge is 0.290 e. The van der Waals surface area contributed by atoms with Gasteiger partial charge in [0.2, 0.25) is 5.95 Å². The average molecular weight is 495 g/mol. The van der Waals surface area contributed by atoms with E-state index in [-0.39, 0.29) is 17.4 Å². The van der Waals surface area contributed by atoms with Gasteiger partial charge in [-0.25, -0.2) is 4.98 Å². The first-order chi connectivity index (χ1) is 16.9. The van der Waals surface area contributed by atoms with Crippen LogP contribution in [0.3, 0.4) is 0 Å². The molecule has 1 aromatic heterocycles. The van der Waals surface area contributed by atoms with E-state index < -0.39 is 11.1 Å². The predicted octanol–water partition coefficient (Wildman–Crippen LogP) is 1.44. The Labute approximate surface area is 207 Å². The van der Waals surface area contributed by atoms with Gasteiger partial charge in [0.25, 0.3) is 17.1 Å². The average Bonchev–Trinajstić information content (AvgIpc) is 3.52. The molecule has 3 saturated heterocycles. The van der Waals surface area contributed by atoms with Crippen LogP contribution < -0.4 is 15.1 Å². The van der Waals surface area contributed by atoms with Crippen molar-refractivity contribution < 1.29 is 19.5 Å². The van der Waals surface area contributed by atoms with E-state index in [9.17, 15) is 19.5 Å². The maximum Gasteiger partial charge on any atom is 0.290 e. The maximum atomic E-state index is 12.9. The molecule has 2 N–H and O–H groups in total. The number of carbonyl (C=O) groups is 3. The number of aliphatic hydroxyl groups excluding tert-OH is 1. The highest BCUT2D eigenvalue weighted by molar-refractivity contribution is 8.18. The Hall–Kier alpha value is -3.44. The van der Waals surface area contributed by atoms with Crippen LogP contribution in [0, 0.1) is 11.8 Å². The van der Waals surface area contributed by atoms with Gasteiger partial charge in [-0.2, -0.15) is 4.98 Å². The largest absolute Gasteiger partial charge is 0.395 e. The molecular formula is C24H26N6O4S. The standard InChI is InChI=1S/C24H26N6O4S/c1-28(7-8-31)20-10-18(9-19-21(32)27-24(34)35-19)25-23(26-20)30-13-16-11-29(12-17(16)14-30)22(33)15-5-3-2-4-6-15/h2-6,9-10,16-17,31H,7-8,11-14H2,1H3,(H,27,32,34). The van der Waals surface area contributed by atoms with Crippen LogP contribution in [-0.2, 0) is 4.79 Å². The van der Waals surface area contributed by atoms with Gasteiger partial charge in [-0.1, -0.05) is 18.2 Å². The molecule has 0 saturated carbocycles. The topological polar surface area (TPSA) is 119 Å². The molecule has 1 aromatic carbocycles. The Morgan fingerprint density at radius 1 is 1.17 bits per heavy atom. The third-order valence-corrected chi connectivity index (χ3v) is 7.36. The summed E-state index contributed by atoms with van der Waals surface area (Å²) in [4.78, 5) is 52.0. The minimum Gasteiger partial charge on any atom is -0.395 e. The van der Waals surface area contributed by atoms with Crippen LogP contribution in [0.2, 0.25) is 0 Å². The molecule has 3 amide bonds. The molecule has 2 atom stereocenters. The van der Waals surface area contributed by atoms with Crippen molar-refractivity contribution in [2.45, 2.75) is 0 Å². The molecule has 3 aliphatic rings. The third-order valence-electron chi connectivity index (χ3n) is 6.55. The highest BCUT2D eigenvalue weighted by atomic mass is 32.2. The molecule has 4 heterocycles. The highest BCUT2D eigenvalue weighted by Crippen LogP contribution is 2.34. The van der Waals surface area contributed by atoms with Gasteiger partial charge in [-0.3, -0.25) is 19.7 Å². The van der Waals surface area contributed by atoms with Crippen LogP contribution in [0.4, 0.5) is 16.6 Å². The fourth-order valence-electron chi connectivity index (χ4n) is 4.76. The van der Waals surface area contributed by atoms with E-state index in [1.54, 1.807) is 12.1 Å². The van der Waals surface area contributed by atoms with E-state index in [4.69, 9.17) is 4.98 Å². The van der Waals surface area contributed by atoms with Crippen molar-refractivity contribution in [1.29, 1.82) is 0 Å². The second-order valence-corrected chi connectivity index (χ2v) is 9.96. The van der Waals surface area contributed by atoms with E-state index in [0.29, 0.717) is 54.5 Å². The van der Waals surface area contributed by atoms with Crippen molar-refractivity contribution >= 4 is 46.7 Å². The molecule has 3 aliphatic heterocycles. The molecule has 0 spiro atoms. The van der Waals surface area contributed by atoms with E-state index in [1.165, 1.54) is 0 Å². The number of likely N-dealkylation sites (tertiary alicyclic amines) is 1. The minimum absolute atomic E-state index is 0.0296. The third kappa shape index (κ3) is 4.87. The summed E-state index contributed by atoms with van der Waals surface area (Å²) < 4.78 is 0. The fourth-order valence-corrected chi connectivity index (χ4v) is 5.42. The van der Waals surface area contributed by atoms with Crippen LogP contribution in [-0.4, -0.2) is 83.4 Å². The second kappa shape index (κ2) is 9.67. The lowest BCUT2D eigenvalue weighted by Crippen LogP contribution is -2.34. The Morgan fingerprint density at radius 2 is 1.89 bits per heavy atom. The zero-order valence-electron chi connectivity index (χ0n) is 19.3. The van der Waals surface area contributed by atoms with Crippen molar-refractivity contribution in [2.75, 3.05) is 56.2 Å². The number of nitrogens with one attached hydrogen (secondary N) is 1. The summed E-state index contributed by atoms with van der Waals surface area (Å²) in [5, 5.41) is 11.2. The van der Waals surface area contributed by atoms with Gasteiger partial charge in [0.15, 0.2) is 0 Å². The molecular weight excluding hydrogens is 468 g/mol. The quantitative estimate of drug-likeness (QED) is 0.575. The first kappa shape index (κ1) is 23.3. The molecule has 5 rings (SSSR count). The maximum absolute atomic E-state index is 12.9. The number of benzene rings is 1. The van der Waals surface area contributed by atoms with Crippen molar-refractivity contribution in [3.8, 4) is 0 Å². The number of carbonyl (C=O) groups excluding carboxylic acids is 3. The summed E-state index contributed by atoms with van der Waals surface area (Å²) in [7, 11) is 1.82. The van der Waals surface area contributed by atoms with Gasteiger partial charge in [0.05, 0.1) is 17.2 Å². The lowest BCUT2D eigenvalue weighted by molar-refractivity contribution is -0.115. The zero-order valence-corrected chi connectivity index (χ0v) is 20.1. The summed E-state index contributed by atoms with van der Waals surface area (Å²) in [6.45, 7) is 3.18. The normalized spacial score (nSPS) is 22.6. The molecule has 0 bridgehead atoms. The van der Waals surface area contributed by atoms with Crippen LogP contribution >= 0.6 is 11.8 Å². The number of nitrogens with zero attached hydrogens (tertiary/aromatic N) is 5. The lowest BCUT2D eigenvalue weighted by Gasteiger charge is -2.24. The zero-order chi connectivity index (χ0) is 24.5. The van der Waals surface area contributed by atoms with Gasteiger partial charge in [-0.05, 0) is 30.0 Å². The number of hydrogen-bond donors (Lipinski definition) is 2. The second-order valence-electron chi connectivity index (χ2n) is 8.95. The number of aromatic nitrogens is 2. The van der Waals surface area contributed by atoms with E-state index in [0.717, 1.165) is 24.9 Å². The first-order valence-electron chi connectivity index (χ1n) is 11.5. The fraction of sp³-hybridized carbons (Fsp3) is 0.375. The van der Waals surface area contributed by atoms with Gasteiger partial charge in [0, 0.05) is 63.2 Å². The number of amides is 3. The summed E-state index contributed by atoms with van der Waals surface area (Å²) in [6.07, 6.45) is 1.59. The summed E-state index contributed by atoms with van der Waals surface area (Å²) in [5.74, 6) is 1.41. The van der Waals surface area contributed by atoms with Gasteiger partial charge in [0.1, 0.15) is 5.82 Å². The van der Waals surface area contributed by atoms with Crippen molar-refractivity contribution in [2.24, 2.45) is 11.8 Å². The molecule has 35 heavy (non-hydrogen) atoms. The number of anilines is 2. The van der Waals surface area contributed by atoms with Crippen LogP contribution in [0.25, 0.3) is 6.08 Å². The number of aliphatic hydroxyl groups is 1. The Morgan fingerprint density at radius 3 is 2.51 bits per heavy atom. The van der Waals surface area contributed by atoms with E-state index in [2.05, 4.69) is 15.2 Å². The summed E-state index contributed by atoms with van der Waals surface area (Å²) in [5.41, 5.74) is 1.22. The van der Waals surface area contributed by atoms with Crippen molar-refractivity contribution in [1.82, 2.24) is 20.2 Å². The predicted molar refractivity (Wildman–Crippen MR) is 133 cm³/mol. The number of hydrogen-bond acceptors (Lipinski definition) is 9. The molecule has 11 heteroatoms. The summed E-state index contributed by atoms with van der Waals surface area (Å²) >= 11 is 0.842. The SMILES string of the molecule is CN(CCO)c1cc(C=C2SC(=O)NC2=O)nc(N2CC3CN(C(=O)c4ccccc4)CC3C2)n1. The van der Waals surface area contributed by atoms with Crippen molar-refractivity contribution in [3.05, 3.63) is 52.6 Å². The van der Waals surface area contributed by atoms with E-state index >= 15 is 0 Å². The molecule has 10 nitrogen and oxygen atoms in total. The Kier molecular flexibility index (Phi) is 6.44. The first-order valence-corrected chi connectivity index (χ1v) is 12.3. The lowest BCUT2D eigenvalue weighted by atomic mass is 10.0. The Bertz CT molecular complexity index is 1180. The molecule has 182 valence electrons. The van der Waals surface area contributed by atoms with Gasteiger partial charge < -0.3 is 19.8 Å². The number of imide groups is 1. The van der Waals surface area contributed by atoms with Gasteiger partial charge in [-0.15, -0.1) is 0 Å². The molecule has 3 fully saturated rings. The Balaban J connectivity index is 1.35. The van der Waals surface area contributed by atoms with Gasteiger partial charge >= 0.3 is 0 Å². The highest BCUT2D eigenvalue weighted by Gasteiger charge is 2.42. The molecule has 0 aliphatic carbocycles.